The van der Waals surface area contributed by atoms with Crippen LogP contribution in [-0.4, -0.2) is 38.1 Å². The lowest BCUT2D eigenvalue weighted by atomic mass is 10.1. The monoisotopic (exact) mass is 421 g/mol. The van der Waals surface area contributed by atoms with Gasteiger partial charge >= 0.3 is 5.97 Å². The number of carbonyl (C=O) groups is 2. The van der Waals surface area contributed by atoms with Gasteiger partial charge in [-0.05, 0) is 44.9 Å². The Morgan fingerprint density at radius 2 is 2.06 bits per heavy atom. The third-order valence-electron chi connectivity index (χ3n) is 5.18. The highest BCUT2D eigenvalue weighted by atomic mass is 16.5. The second-order valence-electron chi connectivity index (χ2n) is 7.37. The highest BCUT2D eigenvalue weighted by Crippen LogP contribution is 2.23. The van der Waals surface area contributed by atoms with E-state index in [-0.39, 0.29) is 25.0 Å². The van der Waals surface area contributed by atoms with Gasteiger partial charge < -0.3 is 14.5 Å². The molecule has 1 atom stereocenters. The van der Waals surface area contributed by atoms with Gasteiger partial charge in [0.05, 0.1) is 6.04 Å². The molecule has 0 fully saturated rings. The summed E-state index contributed by atoms with van der Waals surface area (Å²) < 4.78 is 12.5. The highest BCUT2D eigenvalue weighted by molar-refractivity contribution is 5.81. The van der Waals surface area contributed by atoms with Crippen molar-refractivity contribution in [3.63, 3.8) is 0 Å². The summed E-state index contributed by atoms with van der Waals surface area (Å²) in [6.07, 6.45) is 2.02. The van der Waals surface area contributed by atoms with Crippen LogP contribution in [0.1, 0.15) is 42.1 Å². The van der Waals surface area contributed by atoms with Crippen LogP contribution in [0.2, 0.25) is 0 Å². The Hall–Kier alpha value is -3.75. The van der Waals surface area contributed by atoms with Crippen molar-refractivity contribution in [2.24, 2.45) is 0 Å². The van der Waals surface area contributed by atoms with E-state index in [1.165, 1.54) is 6.33 Å². The number of aromatic nitrogens is 4. The van der Waals surface area contributed by atoms with Gasteiger partial charge in [-0.1, -0.05) is 18.2 Å². The van der Waals surface area contributed by atoms with Crippen molar-refractivity contribution in [3.8, 4) is 0 Å². The molecule has 0 aliphatic rings. The van der Waals surface area contributed by atoms with Crippen LogP contribution < -0.4 is 5.32 Å². The first-order valence-corrected chi connectivity index (χ1v) is 10.0. The van der Waals surface area contributed by atoms with Gasteiger partial charge in [-0.25, -0.2) is 9.50 Å². The van der Waals surface area contributed by atoms with Crippen molar-refractivity contribution in [3.05, 3.63) is 59.4 Å². The van der Waals surface area contributed by atoms with E-state index in [9.17, 15) is 9.59 Å². The van der Waals surface area contributed by atoms with Gasteiger partial charge in [0.15, 0.2) is 6.61 Å². The summed E-state index contributed by atoms with van der Waals surface area (Å²) in [7, 11) is 0. The molecule has 0 saturated heterocycles. The molecular weight excluding hydrogens is 398 g/mol. The molecular formula is C22H23N5O4. The van der Waals surface area contributed by atoms with Gasteiger partial charge in [-0.2, -0.15) is 10.1 Å². The lowest BCUT2D eigenvalue weighted by Crippen LogP contribution is -2.31. The van der Waals surface area contributed by atoms with Gasteiger partial charge in [-0.3, -0.25) is 9.59 Å². The van der Waals surface area contributed by atoms with Gasteiger partial charge in [0, 0.05) is 23.2 Å². The quantitative estimate of drug-likeness (QED) is 0.457. The molecule has 31 heavy (non-hydrogen) atoms. The fourth-order valence-electron chi connectivity index (χ4n) is 3.53. The van der Waals surface area contributed by atoms with Crippen molar-refractivity contribution in [1.29, 1.82) is 0 Å². The van der Waals surface area contributed by atoms with Gasteiger partial charge in [-0.15, -0.1) is 0 Å². The molecule has 3 aromatic heterocycles. The molecule has 1 N–H and O–H groups in total. The van der Waals surface area contributed by atoms with Crippen LogP contribution in [0.3, 0.4) is 0 Å². The molecule has 0 aliphatic carbocycles. The number of amides is 1. The molecule has 9 nitrogen and oxygen atoms in total. The lowest BCUT2D eigenvalue weighted by Gasteiger charge is -2.12. The first kappa shape index (κ1) is 20.5. The molecule has 160 valence electrons. The standard InChI is InChI=1S/C22H23N5O4/c1-13-17(15(3)27-22(26-13)23-12-24-27)8-9-21(29)30-11-20(28)25-14(2)19-10-16-6-4-5-7-18(16)31-19/h4-7,10,12,14H,8-9,11H2,1-3H3,(H,25,28)/t14-/m1/s1. The zero-order chi connectivity index (χ0) is 22.0. The molecule has 0 unspecified atom stereocenters. The molecule has 1 amide bonds. The number of hydrogen-bond donors (Lipinski definition) is 1. The van der Waals surface area contributed by atoms with E-state index in [1.807, 2.05) is 51.1 Å². The van der Waals surface area contributed by atoms with Crippen molar-refractivity contribution < 1.29 is 18.7 Å². The maximum Gasteiger partial charge on any atom is 0.306 e. The minimum Gasteiger partial charge on any atom is -0.459 e. The zero-order valence-corrected chi connectivity index (χ0v) is 17.6. The average molecular weight is 421 g/mol. The van der Waals surface area contributed by atoms with Gasteiger partial charge in [0.25, 0.3) is 11.7 Å². The predicted molar refractivity (Wildman–Crippen MR) is 112 cm³/mol. The van der Waals surface area contributed by atoms with E-state index < -0.39 is 5.97 Å². The van der Waals surface area contributed by atoms with Crippen molar-refractivity contribution >= 4 is 28.6 Å². The van der Waals surface area contributed by atoms with E-state index in [2.05, 4.69) is 20.4 Å². The molecule has 1 aromatic carbocycles. The molecule has 9 heteroatoms. The van der Waals surface area contributed by atoms with Crippen LogP contribution in [0.4, 0.5) is 0 Å². The number of fused-ring (bicyclic) bond motifs is 2. The topological polar surface area (TPSA) is 112 Å². The van der Waals surface area contributed by atoms with E-state index in [4.69, 9.17) is 9.15 Å². The number of nitrogens with one attached hydrogen (secondary N) is 1. The first-order valence-electron chi connectivity index (χ1n) is 10.0. The maximum atomic E-state index is 12.2. The van der Waals surface area contributed by atoms with Gasteiger partial charge in [0.1, 0.15) is 17.7 Å². The fourth-order valence-corrected chi connectivity index (χ4v) is 3.53. The SMILES string of the molecule is Cc1nc2ncnn2c(C)c1CCC(=O)OCC(=O)N[C@H](C)c1cc2ccccc2o1. The van der Waals surface area contributed by atoms with Crippen molar-refractivity contribution in [1.82, 2.24) is 24.9 Å². The smallest absolute Gasteiger partial charge is 0.306 e. The Balaban J connectivity index is 1.28. The number of aryl methyl sites for hydroxylation is 2. The Bertz CT molecular complexity index is 1230. The molecule has 0 saturated carbocycles. The Morgan fingerprint density at radius 3 is 2.87 bits per heavy atom. The average Bonchev–Trinajstić information content (AvgIpc) is 3.39. The van der Waals surface area contributed by atoms with Crippen LogP contribution in [-0.2, 0) is 20.7 Å². The van der Waals surface area contributed by atoms with E-state index in [0.29, 0.717) is 18.0 Å². The number of rotatable bonds is 7. The van der Waals surface area contributed by atoms with Crippen LogP contribution in [0, 0.1) is 13.8 Å². The Labute approximate surface area is 178 Å². The summed E-state index contributed by atoms with van der Waals surface area (Å²) in [5, 5.41) is 7.89. The third-order valence-corrected chi connectivity index (χ3v) is 5.18. The minimum atomic E-state index is -0.455. The number of hydrogen-bond acceptors (Lipinski definition) is 7. The number of carbonyl (C=O) groups excluding carboxylic acids is 2. The highest BCUT2D eigenvalue weighted by Gasteiger charge is 2.17. The van der Waals surface area contributed by atoms with E-state index >= 15 is 0 Å². The number of esters is 1. The number of furan rings is 1. The maximum absolute atomic E-state index is 12.2. The molecule has 4 aromatic rings. The van der Waals surface area contributed by atoms with Crippen LogP contribution >= 0.6 is 0 Å². The van der Waals surface area contributed by atoms with Crippen LogP contribution in [0.15, 0.2) is 41.1 Å². The number of ether oxygens (including phenoxy) is 1. The second kappa shape index (κ2) is 8.55. The Kier molecular flexibility index (Phi) is 5.66. The van der Waals surface area contributed by atoms with Crippen molar-refractivity contribution in [2.45, 2.75) is 39.7 Å². The predicted octanol–water partition coefficient (Wildman–Crippen LogP) is 2.84. The summed E-state index contributed by atoms with van der Waals surface area (Å²) in [5.74, 6) is 0.322. The van der Waals surface area contributed by atoms with Crippen LogP contribution in [0.25, 0.3) is 16.7 Å². The molecule has 3 heterocycles. The third kappa shape index (κ3) is 4.40. The normalized spacial score (nSPS) is 12.2. The molecule has 0 spiro atoms. The molecule has 0 aliphatic heterocycles. The molecule has 0 radical (unpaired) electrons. The van der Waals surface area contributed by atoms with E-state index in [1.54, 1.807) is 4.52 Å². The Morgan fingerprint density at radius 1 is 1.26 bits per heavy atom. The summed E-state index contributed by atoms with van der Waals surface area (Å²) in [5.41, 5.74) is 3.35. The second-order valence-corrected chi connectivity index (χ2v) is 7.37. The number of nitrogens with zero attached hydrogens (tertiary/aromatic N) is 4. The molecule has 4 rings (SSSR count). The number of para-hydroxylation sites is 1. The lowest BCUT2D eigenvalue weighted by molar-refractivity contribution is -0.148. The summed E-state index contributed by atoms with van der Waals surface area (Å²) in [4.78, 5) is 32.8. The fraction of sp³-hybridized carbons (Fsp3) is 0.318. The summed E-state index contributed by atoms with van der Waals surface area (Å²) in [6, 6.07) is 9.17. The number of benzene rings is 1. The van der Waals surface area contributed by atoms with Crippen LogP contribution in [0.5, 0.6) is 0 Å². The molecule has 0 bridgehead atoms. The minimum absolute atomic E-state index is 0.135. The summed E-state index contributed by atoms with van der Waals surface area (Å²) >= 11 is 0. The van der Waals surface area contributed by atoms with Gasteiger partial charge in [0.2, 0.25) is 0 Å². The summed E-state index contributed by atoms with van der Waals surface area (Å²) in [6.45, 7) is 5.25. The zero-order valence-electron chi connectivity index (χ0n) is 17.6. The van der Waals surface area contributed by atoms with Crippen molar-refractivity contribution in [2.75, 3.05) is 6.61 Å². The largest absolute Gasteiger partial charge is 0.459 e. The first-order chi connectivity index (χ1) is 14.9. The van der Waals surface area contributed by atoms with E-state index in [0.717, 1.165) is 27.9 Å².